The van der Waals surface area contributed by atoms with E-state index in [1.54, 1.807) is 0 Å². The minimum absolute atomic E-state index is 0.843. The molecule has 0 aromatic heterocycles. The molecule has 0 heteroatoms. The Morgan fingerprint density at radius 3 is 1.86 bits per heavy atom. The van der Waals surface area contributed by atoms with Crippen LogP contribution in [-0.2, 0) is 0 Å². The van der Waals surface area contributed by atoms with Gasteiger partial charge in [0, 0.05) is 0 Å². The van der Waals surface area contributed by atoms with E-state index in [0.717, 1.165) is 35.5 Å². The topological polar surface area (TPSA) is 0 Å². The first-order valence-electron chi connectivity index (χ1n) is 6.43. The van der Waals surface area contributed by atoms with Crippen molar-refractivity contribution in [1.82, 2.24) is 0 Å². The molecule has 1 saturated carbocycles. The van der Waals surface area contributed by atoms with E-state index in [9.17, 15) is 0 Å². The fourth-order valence-corrected chi connectivity index (χ4v) is 3.07. The first-order chi connectivity index (χ1) is 6.43. The lowest BCUT2D eigenvalue weighted by Gasteiger charge is -2.43. The van der Waals surface area contributed by atoms with E-state index in [-0.39, 0.29) is 0 Å². The summed E-state index contributed by atoms with van der Waals surface area (Å²) >= 11 is 0. The van der Waals surface area contributed by atoms with Gasteiger partial charge in [-0.1, -0.05) is 41.5 Å². The number of hydrogen-bond donors (Lipinski definition) is 0. The molecule has 0 bridgehead atoms. The van der Waals surface area contributed by atoms with Crippen LogP contribution in [0.25, 0.3) is 0 Å². The number of hydrogen-bond acceptors (Lipinski definition) is 0. The van der Waals surface area contributed by atoms with Crippen molar-refractivity contribution < 1.29 is 0 Å². The lowest BCUT2D eigenvalue weighted by atomic mass is 9.62. The molecular formula is C14H28. The molecule has 0 aromatic carbocycles. The molecule has 0 amide bonds. The van der Waals surface area contributed by atoms with Gasteiger partial charge in [0.2, 0.25) is 0 Å². The maximum Gasteiger partial charge on any atom is -0.0360 e. The molecule has 0 aliphatic heterocycles. The molecule has 14 heavy (non-hydrogen) atoms. The molecule has 1 aliphatic rings. The summed E-state index contributed by atoms with van der Waals surface area (Å²) in [6.07, 6.45) is 2.93. The van der Waals surface area contributed by atoms with Gasteiger partial charge in [0.25, 0.3) is 0 Å². The minimum atomic E-state index is 0.843. The first kappa shape index (κ1) is 12.1. The summed E-state index contributed by atoms with van der Waals surface area (Å²) in [7, 11) is 0. The Morgan fingerprint density at radius 2 is 1.50 bits per heavy atom. The third-order valence-electron chi connectivity index (χ3n) is 4.80. The third kappa shape index (κ3) is 2.52. The SMILES string of the molecule is CC(C)C(C)C(C)CC1C(C)CC1C. The van der Waals surface area contributed by atoms with Crippen LogP contribution in [0.3, 0.4) is 0 Å². The summed E-state index contributed by atoms with van der Waals surface area (Å²) in [5.41, 5.74) is 0. The molecule has 0 saturated heterocycles. The standard InChI is InChI=1S/C14H28/c1-9(2)13(6)10(3)8-14-11(4)7-12(14)5/h9-14H,7-8H2,1-6H3. The van der Waals surface area contributed by atoms with Gasteiger partial charge in [-0.2, -0.15) is 0 Å². The van der Waals surface area contributed by atoms with E-state index in [1.165, 1.54) is 12.8 Å². The minimum Gasteiger partial charge on any atom is -0.0625 e. The molecule has 0 spiro atoms. The van der Waals surface area contributed by atoms with Gasteiger partial charge >= 0.3 is 0 Å². The quantitative estimate of drug-likeness (QED) is 0.616. The lowest BCUT2D eigenvalue weighted by Crippen LogP contribution is -2.35. The zero-order valence-electron chi connectivity index (χ0n) is 10.9. The molecule has 1 rings (SSSR count). The van der Waals surface area contributed by atoms with Gasteiger partial charge in [-0.05, 0) is 48.3 Å². The Kier molecular flexibility index (Phi) is 4.04. The second kappa shape index (κ2) is 4.68. The maximum atomic E-state index is 2.45. The maximum absolute atomic E-state index is 2.45. The molecular weight excluding hydrogens is 168 g/mol. The summed E-state index contributed by atoms with van der Waals surface area (Å²) in [4.78, 5) is 0. The van der Waals surface area contributed by atoms with Crippen LogP contribution in [0.15, 0.2) is 0 Å². The van der Waals surface area contributed by atoms with Crippen molar-refractivity contribution in [2.75, 3.05) is 0 Å². The summed E-state index contributed by atoms with van der Waals surface area (Å²) in [6, 6.07) is 0. The van der Waals surface area contributed by atoms with E-state index in [2.05, 4.69) is 41.5 Å². The van der Waals surface area contributed by atoms with E-state index >= 15 is 0 Å². The fourth-order valence-electron chi connectivity index (χ4n) is 3.07. The zero-order chi connectivity index (χ0) is 10.9. The van der Waals surface area contributed by atoms with Gasteiger partial charge in [0.05, 0.1) is 0 Å². The van der Waals surface area contributed by atoms with Crippen molar-refractivity contribution in [3.8, 4) is 0 Å². The fraction of sp³-hybridized carbons (Fsp3) is 1.00. The zero-order valence-corrected chi connectivity index (χ0v) is 10.9. The van der Waals surface area contributed by atoms with Crippen LogP contribution in [0, 0.1) is 35.5 Å². The lowest BCUT2D eigenvalue weighted by molar-refractivity contribution is 0.0630. The van der Waals surface area contributed by atoms with E-state index in [4.69, 9.17) is 0 Å². The normalized spacial score (nSPS) is 36.6. The third-order valence-corrected chi connectivity index (χ3v) is 4.80. The van der Waals surface area contributed by atoms with E-state index < -0.39 is 0 Å². The molecule has 0 aromatic rings. The summed E-state index contributed by atoms with van der Waals surface area (Å²) in [6.45, 7) is 14.4. The van der Waals surface area contributed by atoms with E-state index in [0.29, 0.717) is 0 Å². The first-order valence-corrected chi connectivity index (χ1v) is 6.43. The molecule has 84 valence electrons. The second-order valence-electron chi connectivity index (χ2n) is 6.17. The van der Waals surface area contributed by atoms with Crippen molar-refractivity contribution in [3.63, 3.8) is 0 Å². The van der Waals surface area contributed by atoms with Gasteiger partial charge in [0.15, 0.2) is 0 Å². The van der Waals surface area contributed by atoms with Crippen molar-refractivity contribution in [2.45, 2.75) is 54.4 Å². The Hall–Kier alpha value is 0. The van der Waals surface area contributed by atoms with Gasteiger partial charge in [-0.3, -0.25) is 0 Å². The van der Waals surface area contributed by atoms with Crippen molar-refractivity contribution in [2.24, 2.45) is 35.5 Å². The van der Waals surface area contributed by atoms with Crippen LogP contribution in [0.4, 0.5) is 0 Å². The monoisotopic (exact) mass is 196 g/mol. The van der Waals surface area contributed by atoms with Crippen molar-refractivity contribution in [3.05, 3.63) is 0 Å². The molecule has 0 N–H and O–H groups in total. The average molecular weight is 196 g/mol. The average Bonchev–Trinajstić information content (AvgIpc) is 2.12. The van der Waals surface area contributed by atoms with E-state index in [1.807, 2.05) is 0 Å². The Morgan fingerprint density at radius 1 is 1.00 bits per heavy atom. The number of rotatable bonds is 4. The molecule has 1 fully saturated rings. The van der Waals surface area contributed by atoms with Crippen molar-refractivity contribution >= 4 is 0 Å². The predicted octanol–water partition coefficient (Wildman–Crippen LogP) is 4.60. The smallest absolute Gasteiger partial charge is 0.0360 e. The highest BCUT2D eigenvalue weighted by atomic mass is 14.4. The summed E-state index contributed by atoms with van der Waals surface area (Å²) < 4.78 is 0. The predicted molar refractivity (Wildman–Crippen MR) is 64.2 cm³/mol. The van der Waals surface area contributed by atoms with Crippen LogP contribution >= 0.6 is 0 Å². The highest BCUT2D eigenvalue weighted by Crippen LogP contribution is 2.44. The Balaban J connectivity index is 2.36. The highest BCUT2D eigenvalue weighted by molar-refractivity contribution is 4.85. The summed E-state index contributed by atoms with van der Waals surface area (Å²) in [5, 5.41) is 0. The van der Waals surface area contributed by atoms with Crippen LogP contribution in [0.1, 0.15) is 54.4 Å². The Labute approximate surface area is 90.5 Å². The largest absolute Gasteiger partial charge is 0.0625 e. The molecule has 1 aliphatic carbocycles. The van der Waals surface area contributed by atoms with Gasteiger partial charge in [0.1, 0.15) is 0 Å². The second-order valence-corrected chi connectivity index (χ2v) is 6.17. The molecule has 0 heterocycles. The Bertz CT molecular complexity index is 163. The van der Waals surface area contributed by atoms with Gasteiger partial charge in [-0.25, -0.2) is 0 Å². The summed E-state index contributed by atoms with van der Waals surface area (Å²) in [5.74, 6) is 5.64. The van der Waals surface area contributed by atoms with Crippen LogP contribution in [0.5, 0.6) is 0 Å². The van der Waals surface area contributed by atoms with Gasteiger partial charge < -0.3 is 0 Å². The van der Waals surface area contributed by atoms with Crippen LogP contribution in [0.2, 0.25) is 0 Å². The highest BCUT2D eigenvalue weighted by Gasteiger charge is 2.36. The molecule has 4 atom stereocenters. The van der Waals surface area contributed by atoms with Gasteiger partial charge in [-0.15, -0.1) is 0 Å². The molecule has 0 nitrogen and oxygen atoms in total. The molecule has 0 radical (unpaired) electrons. The molecule has 4 unspecified atom stereocenters. The van der Waals surface area contributed by atoms with Crippen LogP contribution < -0.4 is 0 Å². The van der Waals surface area contributed by atoms with Crippen molar-refractivity contribution in [1.29, 1.82) is 0 Å². The van der Waals surface area contributed by atoms with Crippen LogP contribution in [-0.4, -0.2) is 0 Å².